The maximum atomic E-state index is 2.71. The summed E-state index contributed by atoms with van der Waals surface area (Å²) in [5, 5.41) is 0. The summed E-state index contributed by atoms with van der Waals surface area (Å²) in [5.74, 6) is 0.701. The van der Waals surface area contributed by atoms with E-state index in [2.05, 4.69) is 205 Å². The number of aryl methyl sites for hydroxylation is 1. The Hall–Kier alpha value is -5.46. The van der Waals surface area contributed by atoms with Gasteiger partial charge in [0.2, 0.25) is 0 Å². The third-order valence-corrected chi connectivity index (χ3v) is 16.1. The zero-order valence-corrected chi connectivity index (χ0v) is 39.8. The van der Waals surface area contributed by atoms with Gasteiger partial charge in [-0.25, -0.2) is 0 Å². The molecule has 4 atom stereocenters. The van der Waals surface area contributed by atoms with Crippen LogP contribution in [0.15, 0.2) is 115 Å². The van der Waals surface area contributed by atoms with Crippen molar-refractivity contribution in [3.8, 4) is 44.5 Å². The minimum absolute atomic E-state index is 0.00196. The highest BCUT2D eigenvalue weighted by atomic mass is 14.5. The fourth-order valence-corrected chi connectivity index (χ4v) is 12.8. The number of benzene rings is 7. The van der Waals surface area contributed by atoms with Crippen LogP contribution in [0.4, 0.5) is 0 Å². The molecule has 314 valence electrons. The van der Waals surface area contributed by atoms with Crippen molar-refractivity contribution in [1.29, 1.82) is 0 Å². The van der Waals surface area contributed by atoms with E-state index in [1.54, 1.807) is 22.3 Å². The van der Waals surface area contributed by atoms with E-state index in [1.165, 1.54) is 106 Å². The first-order valence-corrected chi connectivity index (χ1v) is 23.7. The molecule has 0 spiro atoms. The van der Waals surface area contributed by atoms with Gasteiger partial charge in [-0.05, 0) is 163 Å². The molecule has 7 aromatic rings. The minimum Gasteiger partial charge on any atom is -0.0619 e. The van der Waals surface area contributed by atoms with Crippen molar-refractivity contribution in [3.63, 3.8) is 0 Å². The first-order valence-electron chi connectivity index (χ1n) is 23.7. The molecule has 0 fully saturated rings. The Kier molecular flexibility index (Phi) is 7.71. The van der Waals surface area contributed by atoms with Crippen LogP contribution in [0.5, 0.6) is 0 Å². The number of hydrogen-bond donors (Lipinski definition) is 0. The predicted octanol–water partition coefficient (Wildman–Crippen LogP) is 16.7. The van der Waals surface area contributed by atoms with Gasteiger partial charge in [-0.15, -0.1) is 0 Å². The summed E-state index contributed by atoms with van der Waals surface area (Å²) < 4.78 is 0. The van der Waals surface area contributed by atoms with Gasteiger partial charge < -0.3 is 0 Å². The van der Waals surface area contributed by atoms with Crippen molar-refractivity contribution in [3.05, 3.63) is 199 Å². The average molecular weight is 819 g/mol. The standard InChI is InChI=1S/C63H62/c1-33-22-24-44-51(34-26-36(61(5,6)7)28-37(27-34)62(8,9)10)49-32-47-39-18-14-15-19-40(39)52-41-20-16-17-21-42(41)55(57(47)52)58(49)59-54-43-25-23-35(60(2,3)4)29-45(43)46-30-38(63(11,12)13)31-48(53(46)54)50(33)56(44)59/h14-32,51-52,54,59H,1-13H3. The Morgan fingerprint density at radius 2 is 0.841 bits per heavy atom. The maximum absolute atomic E-state index is 2.71. The van der Waals surface area contributed by atoms with Crippen molar-refractivity contribution in [1.82, 2.24) is 0 Å². The molecule has 7 aromatic carbocycles. The normalized spacial score (nSPS) is 19.5. The van der Waals surface area contributed by atoms with E-state index in [4.69, 9.17) is 0 Å². The van der Waals surface area contributed by atoms with Gasteiger partial charge >= 0.3 is 0 Å². The van der Waals surface area contributed by atoms with E-state index in [1.807, 2.05) is 0 Å². The van der Waals surface area contributed by atoms with Gasteiger partial charge in [-0.3, -0.25) is 0 Å². The van der Waals surface area contributed by atoms with E-state index in [-0.39, 0.29) is 45.3 Å². The Morgan fingerprint density at radius 1 is 0.317 bits per heavy atom. The molecular formula is C63H62. The highest BCUT2D eigenvalue weighted by Crippen LogP contribution is 2.70. The van der Waals surface area contributed by atoms with Gasteiger partial charge in [0.05, 0.1) is 0 Å². The summed E-state index contributed by atoms with van der Waals surface area (Å²) in [6, 6.07) is 47.1. The molecule has 63 heavy (non-hydrogen) atoms. The topological polar surface area (TPSA) is 0 Å². The first-order chi connectivity index (χ1) is 29.7. The fourth-order valence-electron chi connectivity index (χ4n) is 12.8. The van der Waals surface area contributed by atoms with Crippen LogP contribution in [0.3, 0.4) is 0 Å². The molecule has 0 aromatic heterocycles. The van der Waals surface area contributed by atoms with Crippen molar-refractivity contribution in [2.75, 3.05) is 0 Å². The smallest absolute Gasteiger partial charge is 0.0364 e. The molecule has 0 saturated heterocycles. The summed E-state index contributed by atoms with van der Waals surface area (Å²) in [5.41, 5.74) is 33.9. The zero-order chi connectivity index (χ0) is 44.0. The molecule has 0 heteroatoms. The van der Waals surface area contributed by atoms with E-state index < -0.39 is 0 Å². The van der Waals surface area contributed by atoms with Crippen LogP contribution in [0.1, 0.15) is 190 Å². The van der Waals surface area contributed by atoms with Gasteiger partial charge in [0.15, 0.2) is 0 Å². The number of rotatable bonds is 1. The van der Waals surface area contributed by atoms with Crippen LogP contribution >= 0.6 is 0 Å². The lowest BCUT2D eigenvalue weighted by Gasteiger charge is -2.45. The van der Waals surface area contributed by atoms with Crippen molar-refractivity contribution < 1.29 is 0 Å². The van der Waals surface area contributed by atoms with E-state index in [0.29, 0.717) is 0 Å². The van der Waals surface area contributed by atoms with Crippen molar-refractivity contribution in [2.45, 2.75) is 135 Å². The minimum atomic E-state index is -0.00287. The second kappa shape index (κ2) is 12.4. The zero-order valence-electron chi connectivity index (χ0n) is 39.8. The largest absolute Gasteiger partial charge is 0.0619 e. The molecule has 0 nitrogen and oxygen atoms in total. The average Bonchev–Trinajstić information content (AvgIpc) is 3.86. The summed E-state index contributed by atoms with van der Waals surface area (Å²) in [4.78, 5) is 0. The third-order valence-electron chi connectivity index (χ3n) is 16.1. The molecule has 0 bridgehead atoms. The number of fused-ring (bicyclic) bond motifs is 14. The van der Waals surface area contributed by atoms with Crippen molar-refractivity contribution in [2.24, 2.45) is 0 Å². The first kappa shape index (κ1) is 39.2. The maximum Gasteiger partial charge on any atom is 0.0364 e. The van der Waals surface area contributed by atoms with Crippen LogP contribution in [0.2, 0.25) is 0 Å². The van der Waals surface area contributed by atoms with Gasteiger partial charge in [0.25, 0.3) is 0 Å². The molecule has 5 aliphatic rings. The Balaban J connectivity index is 1.27. The van der Waals surface area contributed by atoms with E-state index in [9.17, 15) is 0 Å². The molecule has 0 amide bonds. The lowest BCUT2D eigenvalue weighted by molar-refractivity contribution is 0.565. The van der Waals surface area contributed by atoms with Gasteiger partial charge in [-0.2, -0.15) is 0 Å². The van der Waals surface area contributed by atoms with Gasteiger partial charge in [0.1, 0.15) is 0 Å². The van der Waals surface area contributed by atoms with Gasteiger partial charge in [0, 0.05) is 23.7 Å². The molecule has 12 rings (SSSR count). The third kappa shape index (κ3) is 5.28. The second-order valence-electron chi connectivity index (χ2n) is 24.1. The SMILES string of the molecule is Cc1ccc2c3c1-c1cc(C(C)(C)C)cc4c1C(c1ccc(C(C)(C)C)cc1-4)C3c1c(cc3c4c1-c1ccccc1C4c1ccccc1-3)C2c1cc(C(C)(C)C)cc(C(C)(C)C)c1. The molecule has 0 aliphatic heterocycles. The highest BCUT2D eigenvalue weighted by molar-refractivity contribution is 6.00. The quantitative estimate of drug-likeness (QED) is 0.155. The second-order valence-corrected chi connectivity index (χ2v) is 24.1. The summed E-state index contributed by atoms with van der Waals surface area (Å²) >= 11 is 0. The monoisotopic (exact) mass is 818 g/mol. The molecule has 0 heterocycles. The lowest BCUT2D eigenvalue weighted by Crippen LogP contribution is -2.29. The van der Waals surface area contributed by atoms with E-state index in [0.717, 1.165) is 0 Å². The van der Waals surface area contributed by atoms with Gasteiger partial charge in [-0.1, -0.05) is 192 Å². The lowest BCUT2D eigenvalue weighted by atomic mass is 9.58. The molecule has 0 saturated carbocycles. The Morgan fingerprint density at radius 3 is 1.49 bits per heavy atom. The molecule has 5 aliphatic carbocycles. The van der Waals surface area contributed by atoms with Crippen molar-refractivity contribution >= 4 is 0 Å². The molecule has 0 radical (unpaired) electrons. The van der Waals surface area contributed by atoms with Crippen LogP contribution in [0.25, 0.3) is 44.5 Å². The van der Waals surface area contributed by atoms with Crippen LogP contribution < -0.4 is 0 Å². The number of hydrogen-bond acceptors (Lipinski definition) is 0. The van der Waals surface area contributed by atoms with E-state index >= 15 is 0 Å². The van der Waals surface area contributed by atoms with Crippen LogP contribution in [0, 0.1) is 6.92 Å². The summed E-state index contributed by atoms with van der Waals surface area (Å²) in [6.45, 7) is 31.0. The Bertz CT molecular complexity index is 3140. The Labute approximate surface area is 376 Å². The van der Waals surface area contributed by atoms with Crippen LogP contribution in [-0.2, 0) is 21.7 Å². The molecule has 4 unspecified atom stereocenters. The summed E-state index contributed by atoms with van der Waals surface area (Å²) in [6.07, 6.45) is 0. The van der Waals surface area contributed by atoms with Crippen LogP contribution in [-0.4, -0.2) is 0 Å². The summed E-state index contributed by atoms with van der Waals surface area (Å²) in [7, 11) is 0. The molecular weight excluding hydrogens is 757 g/mol. The fraction of sp³-hybridized carbons (Fsp3) is 0.333. The molecule has 0 N–H and O–H groups in total. The predicted molar refractivity (Wildman–Crippen MR) is 266 cm³/mol. The highest BCUT2D eigenvalue weighted by Gasteiger charge is 2.52.